The van der Waals surface area contributed by atoms with Gasteiger partial charge >= 0.3 is 5.97 Å². The van der Waals surface area contributed by atoms with E-state index < -0.39 is 0 Å². The molecule has 1 aromatic rings. The number of carbonyl (C=O) groups excluding carboxylic acids is 1. The fourth-order valence-electron chi connectivity index (χ4n) is 3.18. The lowest BCUT2D eigenvalue weighted by molar-refractivity contribution is -0.150. The normalized spacial score (nSPS) is 18.2. The summed E-state index contributed by atoms with van der Waals surface area (Å²) in [7, 11) is 1.55. The molecule has 1 N–H and O–H groups in total. The van der Waals surface area contributed by atoms with Gasteiger partial charge in [-0.1, -0.05) is 12.1 Å². The predicted molar refractivity (Wildman–Crippen MR) is 93.2 cm³/mol. The summed E-state index contributed by atoms with van der Waals surface area (Å²) in [5.41, 5.74) is 1.87. The molecule has 2 rings (SSSR count). The number of ether oxygens (including phenoxy) is 2. The van der Waals surface area contributed by atoms with Gasteiger partial charge in [-0.25, -0.2) is 0 Å². The third-order valence-corrected chi connectivity index (χ3v) is 4.33. The maximum atomic E-state index is 12.0. The van der Waals surface area contributed by atoms with Gasteiger partial charge in [-0.15, -0.1) is 6.58 Å². The van der Waals surface area contributed by atoms with Crippen molar-refractivity contribution in [1.29, 1.82) is 0 Å². The molecule has 0 amide bonds. The molecule has 1 aromatic carbocycles. The van der Waals surface area contributed by atoms with Gasteiger partial charge in [-0.05, 0) is 44.4 Å². The summed E-state index contributed by atoms with van der Waals surface area (Å²) in [6.07, 6.45) is 4.36. The Kier molecular flexibility index (Phi) is 6.67. The first-order valence-corrected chi connectivity index (χ1v) is 8.47. The molecular formula is C19H27NO4. The molecule has 0 radical (unpaired) electrons. The Bertz CT molecular complexity index is 585. The van der Waals surface area contributed by atoms with Gasteiger partial charge in [0.2, 0.25) is 0 Å². The van der Waals surface area contributed by atoms with E-state index in [1.165, 1.54) is 0 Å². The highest BCUT2D eigenvalue weighted by Crippen LogP contribution is 2.33. The molecule has 5 heteroatoms. The Morgan fingerprint density at radius 1 is 1.50 bits per heavy atom. The lowest BCUT2D eigenvalue weighted by atomic mass is 9.97. The van der Waals surface area contributed by atoms with Crippen LogP contribution in [0.3, 0.4) is 0 Å². The van der Waals surface area contributed by atoms with E-state index in [1.807, 2.05) is 25.1 Å². The molecule has 1 fully saturated rings. The lowest BCUT2D eigenvalue weighted by Gasteiger charge is -2.31. The molecule has 5 nitrogen and oxygen atoms in total. The number of phenolic OH excluding ortho intramolecular Hbond substituents is 1. The van der Waals surface area contributed by atoms with E-state index >= 15 is 0 Å². The zero-order valence-electron chi connectivity index (χ0n) is 14.6. The second-order valence-electron chi connectivity index (χ2n) is 6.12. The molecule has 0 saturated carbocycles. The van der Waals surface area contributed by atoms with E-state index in [-0.39, 0.29) is 17.6 Å². The molecule has 0 aromatic heterocycles. The maximum absolute atomic E-state index is 12.0. The third kappa shape index (κ3) is 4.51. The largest absolute Gasteiger partial charge is 0.504 e. The highest BCUT2D eigenvalue weighted by molar-refractivity contribution is 5.72. The second-order valence-corrected chi connectivity index (χ2v) is 6.12. The average Bonchev–Trinajstić information content (AvgIpc) is 2.58. The molecule has 132 valence electrons. The molecular weight excluding hydrogens is 306 g/mol. The van der Waals surface area contributed by atoms with Gasteiger partial charge in [-0.2, -0.15) is 0 Å². The number of allylic oxidation sites excluding steroid dienone is 1. The van der Waals surface area contributed by atoms with E-state index in [2.05, 4.69) is 11.5 Å². The Morgan fingerprint density at radius 2 is 2.29 bits per heavy atom. The van der Waals surface area contributed by atoms with Crippen LogP contribution in [-0.4, -0.2) is 42.8 Å². The van der Waals surface area contributed by atoms with Crippen molar-refractivity contribution in [2.24, 2.45) is 5.92 Å². The molecule has 1 atom stereocenters. The van der Waals surface area contributed by atoms with Crippen molar-refractivity contribution in [1.82, 2.24) is 4.90 Å². The number of benzene rings is 1. The van der Waals surface area contributed by atoms with Crippen LogP contribution in [0.15, 0.2) is 24.8 Å². The van der Waals surface area contributed by atoms with Crippen molar-refractivity contribution in [2.75, 3.05) is 26.8 Å². The van der Waals surface area contributed by atoms with Crippen LogP contribution in [-0.2, 0) is 22.5 Å². The van der Waals surface area contributed by atoms with Crippen LogP contribution in [0.5, 0.6) is 11.5 Å². The molecule has 0 spiro atoms. The fraction of sp³-hybridized carbons (Fsp3) is 0.526. The number of nitrogens with zero attached hydrogens (tertiary/aromatic N) is 1. The summed E-state index contributed by atoms with van der Waals surface area (Å²) in [6.45, 7) is 8.15. The third-order valence-electron chi connectivity index (χ3n) is 4.33. The van der Waals surface area contributed by atoms with Crippen molar-refractivity contribution in [2.45, 2.75) is 32.7 Å². The smallest absolute Gasteiger partial charge is 0.310 e. The number of methoxy groups -OCH3 is 1. The van der Waals surface area contributed by atoms with Gasteiger partial charge in [0.15, 0.2) is 11.5 Å². The Morgan fingerprint density at radius 3 is 2.96 bits per heavy atom. The van der Waals surface area contributed by atoms with Crippen LogP contribution in [0.2, 0.25) is 0 Å². The number of rotatable bonds is 7. The minimum atomic E-state index is -0.121. The van der Waals surface area contributed by atoms with Gasteiger partial charge in [0.25, 0.3) is 0 Å². The van der Waals surface area contributed by atoms with Crippen LogP contribution >= 0.6 is 0 Å². The first-order valence-electron chi connectivity index (χ1n) is 8.47. The highest BCUT2D eigenvalue weighted by atomic mass is 16.5. The number of piperidine rings is 1. The zero-order chi connectivity index (χ0) is 17.5. The fourth-order valence-corrected chi connectivity index (χ4v) is 3.18. The molecule has 1 aliphatic rings. The number of esters is 1. The molecule has 24 heavy (non-hydrogen) atoms. The summed E-state index contributed by atoms with van der Waals surface area (Å²) in [4.78, 5) is 14.2. The molecule has 1 heterocycles. The number of carbonyl (C=O) groups is 1. The van der Waals surface area contributed by atoms with E-state index in [0.717, 1.165) is 36.9 Å². The molecule has 0 bridgehead atoms. The second kappa shape index (κ2) is 8.73. The number of hydrogen-bond donors (Lipinski definition) is 1. The molecule has 1 aliphatic heterocycles. The van der Waals surface area contributed by atoms with Gasteiger partial charge < -0.3 is 14.6 Å². The van der Waals surface area contributed by atoms with Crippen molar-refractivity contribution in [3.8, 4) is 11.5 Å². The van der Waals surface area contributed by atoms with E-state index in [4.69, 9.17) is 9.47 Å². The zero-order valence-corrected chi connectivity index (χ0v) is 14.6. The highest BCUT2D eigenvalue weighted by Gasteiger charge is 2.27. The number of aromatic hydroxyl groups is 1. The standard InChI is InChI=1S/C19H27NO4/c1-4-7-14-10-16(18(21)17(11-14)23-3)13-20-9-6-8-15(12-20)19(22)24-5-2/h4,10-11,15,21H,1,5-9,12-13H2,2-3H3/t15-/m1/s1. The van der Waals surface area contributed by atoms with Crippen LogP contribution in [0, 0.1) is 5.92 Å². The first-order chi connectivity index (χ1) is 11.6. The molecule has 0 unspecified atom stereocenters. The van der Waals surface area contributed by atoms with Crippen LogP contribution in [0.25, 0.3) is 0 Å². The molecule has 0 aliphatic carbocycles. The Hall–Kier alpha value is -2.01. The SMILES string of the molecule is C=CCc1cc(CN2CCC[C@@H](C(=O)OCC)C2)c(O)c(OC)c1. The number of likely N-dealkylation sites (tertiary alicyclic amines) is 1. The van der Waals surface area contributed by atoms with Gasteiger partial charge in [0, 0.05) is 18.7 Å². The summed E-state index contributed by atoms with van der Waals surface area (Å²) in [5, 5.41) is 10.4. The van der Waals surface area contributed by atoms with E-state index in [1.54, 1.807) is 7.11 Å². The predicted octanol–water partition coefficient (Wildman–Crippen LogP) is 2.90. The Labute approximate surface area is 143 Å². The first kappa shape index (κ1) is 18.3. The van der Waals surface area contributed by atoms with Crippen LogP contribution in [0.1, 0.15) is 30.9 Å². The number of phenols is 1. The summed E-state index contributed by atoms with van der Waals surface area (Å²) in [5.74, 6) is 0.440. The summed E-state index contributed by atoms with van der Waals surface area (Å²) >= 11 is 0. The molecule has 1 saturated heterocycles. The van der Waals surface area contributed by atoms with E-state index in [9.17, 15) is 9.90 Å². The van der Waals surface area contributed by atoms with Gasteiger partial charge in [-0.3, -0.25) is 9.69 Å². The minimum Gasteiger partial charge on any atom is -0.504 e. The maximum Gasteiger partial charge on any atom is 0.310 e. The van der Waals surface area contributed by atoms with Crippen molar-refractivity contribution < 1.29 is 19.4 Å². The topological polar surface area (TPSA) is 59.0 Å². The number of hydrogen-bond acceptors (Lipinski definition) is 5. The van der Waals surface area contributed by atoms with Crippen molar-refractivity contribution in [3.63, 3.8) is 0 Å². The van der Waals surface area contributed by atoms with Crippen LogP contribution < -0.4 is 4.74 Å². The van der Waals surface area contributed by atoms with Crippen LogP contribution in [0.4, 0.5) is 0 Å². The Balaban J connectivity index is 2.13. The average molecular weight is 333 g/mol. The minimum absolute atomic E-state index is 0.0842. The lowest BCUT2D eigenvalue weighted by Crippen LogP contribution is -2.38. The van der Waals surface area contributed by atoms with Gasteiger partial charge in [0.05, 0.1) is 19.6 Å². The monoisotopic (exact) mass is 333 g/mol. The van der Waals surface area contributed by atoms with Crippen molar-refractivity contribution in [3.05, 3.63) is 35.9 Å². The summed E-state index contributed by atoms with van der Waals surface area (Å²) < 4.78 is 10.4. The quantitative estimate of drug-likeness (QED) is 0.614. The van der Waals surface area contributed by atoms with Crippen molar-refractivity contribution >= 4 is 5.97 Å². The van der Waals surface area contributed by atoms with Gasteiger partial charge in [0.1, 0.15) is 0 Å². The summed E-state index contributed by atoms with van der Waals surface area (Å²) in [6, 6.07) is 3.81. The van der Waals surface area contributed by atoms with E-state index in [0.29, 0.717) is 25.4 Å².